The van der Waals surface area contributed by atoms with Gasteiger partial charge < -0.3 is 5.32 Å². The molecule has 0 radical (unpaired) electrons. The van der Waals surface area contributed by atoms with Crippen LogP contribution >= 0.6 is 12.4 Å². The zero-order chi connectivity index (χ0) is 9.80. The Labute approximate surface area is 98.7 Å². The van der Waals surface area contributed by atoms with Crippen molar-refractivity contribution in [1.29, 1.82) is 0 Å². The molecule has 0 bridgehead atoms. The largest absolute Gasteiger partial charge is 0.307 e. The molecular formula is C13H20ClN. The minimum absolute atomic E-state index is 0. The third-order valence-corrected chi connectivity index (χ3v) is 3.14. The molecule has 0 amide bonds. The van der Waals surface area contributed by atoms with Gasteiger partial charge in [-0.05, 0) is 25.3 Å². The number of benzene rings is 1. The van der Waals surface area contributed by atoms with Gasteiger partial charge >= 0.3 is 0 Å². The van der Waals surface area contributed by atoms with Crippen LogP contribution < -0.4 is 5.32 Å². The molecule has 0 heterocycles. The van der Waals surface area contributed by atoms with Gasteiger partial charge in [-0.15, -0.1) is 12.4 Å². The minimum Gasteiger partial charge on any atom is -0.307 e. The second-order valence-electron chi connectivity index (χ2n) is 4.28. The summed E-state index contributed by atoms with van der Waals surface area (Å²) in [5.74, 6) is 0. The molecule has 1 saturated carbocycles. The van der Waals surface area contributed by atoms with Crippen molar-refractivity contribution < 1.29 is 0 Å². The molecule has 1 atom stereocenters. The van der Waals surface area contributed by atoms with Crippen molar-refractivity contribution in [2.75, 3.05) is 0 Å². The first-order chi connectivity index (χ1) is 6.86. The predicted octanol–water partition coefficient (Wildman–Crippen LogP) is 3.70. The van der Waals surface area contributed by atoms with Gasteiger partial charge in [0.05, 0.1) is 0 Å². The number of nitrogens with one attached hydrogen (secondary N) is 1. The monoisotopic (exact) mass is 225 g/mol. The van der Waals surface area contributed by atoms with E-state index < -0.39 is 0 Å². The molecule has 15 heavy (non-hydrogen) atoms. The summed E-state index contributed by atoms with van der Waals surface area (Å²) in [6.07, 6.45) is 5.52. The van der Waals surface area contributed by atoms with Crippen LogP contribution in [0.4, 0.5) is 0 Å². The Morgan fingerprint density at radius 1 is 1.13 bits per heavy atom. The smallest absolute Gasteiger partial charge is 0.0294 e. The Morgan fingerprint density at radius 2 is 1.73 bits per heavy atom. The van der Waals surface area contributed by atoms with Crippen LogP contribution in [0.15, 0.2) is 30.3 Å². The number of rotatable bonds is 3. The van der Waals surface area contributed by atoms with E-state index in [4.69, 9.17) is 0 Å². The minimum atomic E-state index is 0. The van der Waals surface area contributed by atoms with E-state index in [0.717, 1.165) is 6.04 Å². The van der Waals surface area contributed by atoms with E-state index >= 15 is 0 Å². The summed E-state index contributed by atoms with van der Waals surface area (Å²) in [4.78, 5) is 0. The lowest BCUT2D eigenvalue weighted by molar-refractivity contribution is 0.461. The molecule has 0 aromatic heterocycles. The molecule has 1 aliphatic carbocycles. The van der Waals surface area contributed by atoms with E-state index in [-0.39, 0.29) is 12.4 Å². The SMILES string of the molecule is CC(NC1CCCC1)c1ccccc1.Cl. The summed E-state index contributed by atoms with van der Waals surface area (Å²) in [5.41, 5.74) is 1.40. The fourth-order valence-electron chi connectivity index (χ4n) is 2.28. The highest BCUT2D eigenvalue weighted by Crippen LogP contribution is 2.21. The lowest BCUT2D eigenvalue weighted by atomic mass is 10.1. The molecule has 1 aromatic rings. The van der Waals surface area contributed by atoms with Crippen LogP contribution in [0.3, 0.4) is 0 Å². The standard InChI is InChI=1S/C13H19N.ClH/c1-11(12-7-3-2-4-8-12)14-13-9-5-6-10-13;/h2-4,7-8,11,13-14H,5-6,9-10H2,1H3;1H. The highest BCUT2D eigenvalue weighted by molar-refractivity contribution is 5.85. The van der Waals surface area contributed by atoms with Crippen molar-refractivity contribution in [3.8, 4) is 0 Å². The average Bonchev–Trinajstić information content (AvgIpc) is 2.72. The maximum Gasteiger partial charge on any atom is 0.0294 e. The van der Waals surface area contributed by atoms with Crippen LogP contribution in [-0.4, -0.2) is 6.04 Å². The van der Waals surface area contributed by atoms with Crippen molar-refractivity contribution in [2.24, 2.45) is 0 Å². The van der Waals surface area contributed by atoms with Gasteiger partial charge in [0.1, 0.15) is 0 Å². The molecule has 1 fully saturated rings. The van der Waals surface area contributed by atoms with Crippen LogP contribution in [0.1, 0.15) is 44.2 Å². The molecule has 1 unspecified atom stereocenters. The van der Waals surface area contributed by atoms with Crippen LogP contribution in [-0.2, 0) is 0 Å². The Kier molecular flexibility index (Phi) is 5.13. The highest BCUT2D eigenvalue weighted by atomic mass is 35.5. The lowest BCUT2D eigenvalue weighted by Crippen LogP contribution is -2.28. The molecule has 2 rings (SSSR count). The van der Waals surface area contributed by atoms with Gasteiger partial charge in [0.2, 0.25) is 0 Å². The molecular weight excluding hydrogens is 206 g/mol. The van der Waals surface area contributed by atoms with E-state index in [2.05, 4.69) is 42.6 Å². The summed E-state index contributed by atoms with van der Waals surface area (Å²) < 4.78 is 0. The van der Waals surface area contributed by atoms with Gasteiger partial charge in [-0.2, -0.15) is 0 Å². The van der Waals surface area contributed by atoms with Gasteiger partial charge in [0, 0.05) is 12.1 Å². The summed E-state index contributed by atoms with van der Waals surface area (Å²) >= 11 is 0. The first-order valence-corrected chi connectivity index (χ1v) is 5.67. The second-order valence-corrected chi connectivity index (χ2v) is 4.28. The summed E-state index contributed by atoms with van der Waals surface area (Å²) in [7, 11) is 0. The number of hydrogen-bond acceptors (Lipinski definition) is 1. The van der Waals surface area contributed by atoms with E-state index in [0.29, 0.717) is 6.04 Å². The predicted molar refractivity (Wildman–Crippen MR) is 67.5 cm³/mol. The maximum absolute atomic E-state index is 3.70. The van der Waals surface area contributed by atoms with Gasteiger partial charge in [0.15, 0.2) is 0 Å². The van der Waals surface area contributed by atoms with Crippen LogP contribution in [0.2, 0.25) is 0 Å². The molecule has 0 saturated heterocycles. The molecule has 2 heteroatoms. The van der Waals surface area contributed by atoms with Gasteiger partial charge in [-0.3, -0.25) is 0 Å². The van der Waals surface area contributed by atoms with E-state index in [1.165, 1.54) is 31.2 Å². The van der Waals surface area contributed by atoms with E-state index in [1.54, 1.807) is 0 Å². The highest BCUT2D eigenvalue weighted by Gasteiger charge is 2.17. The fourth-order valence-corrected chi connectivity index (χ4v) is 2.28. The van der Waals surface area contributed by atoms with E-state index in [9.17, 15) is 0 Å². The fraction of sp³-hybridized carbons (Fsp3) is 0.538. The summed E-state index contributed by atoms with van der Waals surface area (Å²) in [6, 6.07) is 12.0. The van der Waals surface area contributed by atoms with Gasteiger partial charge in [-0.25, -0.2) is 0 Å². The normalized spacial score (nSPS) is 18.5. The van der Waals surface area contributed by atoms with Crippen LogP contribution in [0.5, 0.6) is 0 Å². The van der Waals surface area contributed by atoms with Crippen molar-refractivity contribution in [1.82, 2.24) is 5.32 Å². The lowest BCUT2D eigenvalue weighted by Gasteiger charge is -2.19. The first-order valence-electron chi connectivity index (χ1n) is 5.67. The van der Waals surface area contributed by atoms with Crippen LogP contribution in [0, 0.1) is 0 Å². The molecule has 1 aliphatic rings. The van der Waals surface area contributed by atoms with Crippen molar-refractivity contribution >= 4 is 12.4 Å². The Hall–Kier alpha value is -0.530. The van der Waals surface area contributed by atoms with Crippen LogP contribution in [0.25, 0.3) is 0 Å². The Balaban J connectivity index is 0.00000112. The topological polar surface area (TPSA) is 12.0 Å². The molecule has 0 spiro atoms. The maximum atomic E-state index is 3.70. The number of halogens is 1. The summed E-state index contributed by atoms with van der Waals surface area (Å²) in [5, 5.41) is 3.70. The Morgan fingerprint density at radius 3 is 2.33 bits per heavy atom. The first kappa shape index (κ1) is 12.5. The number of hydrogen-bond donors (Lipinski definition) is 1. The van der Waals surface area contributed by atoms with Crippen molar-refractivity contribution in [3.05, 3.63) is 35.9 Å². The average molecular weight is 226 g/mol. The summed E-state index contributed by atoms with van der Waals surface area (Å²) in [6.45, 7) is 2.26. The zero-order valence-electron chi connectivity index (χ0n) is 9.28. The molecule has 1 aromatic carbocycles. The van der Waals surface area contributed by atoms with Gasteiger partial charge in [0.25, 0.3) is 0 Å². The molecule has 0 aliphatic heterocycles. The zero-order valence-corrected chi connectivity index (χ0v) is 10.1. The third-order valence-electron chi connectivity index (χ3n) is 3.14. The molecule has 1 N–H and O–H groups in total. The third kappa shape index (κ3) is 3.51. The van der Waals surface area contributed by atoms with Crippen molar-refractivity contribution in [2.45, 2.75) is 44.7 Å². The molecule has 1 nitrogen and oxygen atoms in total. The quantitative estimate of drug-likeness (QED) is 0.827. The van der Waals surface area contributed by atoms with Crippen molar-refractivity contribution in [3.63, 3.8) is 0 Å². The van der Waals surface area contributed by atoms with E-state index in [1.807, 2.05) is 0 Å². The van der Waals surface area contributed by atoms with Gasteiger partial charge in [-0.1, -0.05) is 43.2 Å². The second kappa shape index (κ2) is 6.14. The Bertz CT molecular complexity index is 267. The molecule has 84 valence electrons.